The second-order valence-electron chi connectivity index (χ2n) is 4.67. The summed E-state index contributed by atoms with van der Waals surface area (Å²) in [6, 6.07) is 0. The zero-order valence-corrected chi connectivity index (χ0v) is 7.82. The van der Waals surface area contributed by atoms with E-state index in [2.05, 4.69) is 18.2 Å². The summed E-state index contributed by atoms with van der Waals surface area (Å²) in [7, 11) is 0. The Bertz CT molecular complexity index is 277. The lowest BCUT2D eigenvalue weighted by Gasteiger charge is -2.32. The van der Waals surface area contributed by atoms with Crippen molar-refractivity contribution in [3.05, 3.63) is 23.8 Å². The van der Waals surface area contributed by atoms with Crippen molar-refractivity contribution >= 4 is 0 Å². The molecule has 13 heavy (non-hydrogen) atoms. The smallest absolute Gasteiger partial charge is 0.0580 e. The maximum atomic E-state index is 9.91. The number of allylic oxidation sites excluding steroid dienone is 4. The summed E-state index contributed by atoms with van der Waals surface area (Å²) in [4.78, 5) is 0. The quantitative estimate of drug-likeness (QED) is 0.600. The van der Waals surface area contributed by atoms with Crippen molar-refractivity contribution in [1.82, 2.24) is 0 Å². The fourth-order valence-electron chi connectivity index (χ4n) is 3.48. The molecule has 1 heteroatoms. The summed E-state index contributed by atoms with van der Waals surface area (Å²) in [5.74, 6) is 2.03. The molecule has 0 saturated heterocycles. The summed E-state index contributed by atoms with van der Waals surface area (Å²) in [6.07, 6.45) is 11.5. The van der Waals surface area contributed by atoms with E-state index in [0.717, 1.165) is 18.8 Å². The molecule has 0 heterocycles. The highest BCUT2D eigenvalue weighted by Crippen LogP contribution is 2.50. The minimum Gasteiger partial charge on any atom is -0.393 e. The third kappa shape index (κ3) is 1.03. The number of rotatable bonds is 0. The zero-order chi connectivity index (χ0) is 8.84. The molecule has 0 spiro atoms. The molecule has 1 saturated carbocycles. The first-order valence-corrected chi connectivity index (χ1v) is 5.41. The molecule has 4 unspecified atom stereocenters. The number of aliphatic hydroxyl groups is 1. The van der Waals surface area contributed by atoms with Gasteiger partial charge in [0.15, 0.2) is 0 Å². The Kier molecular flexibility index (Phi) is 1.63. The van der Waals surface area contributed by atoms with E-state index in [4.69, 9.17) is 0 Å². The maximum Gasteiger partial charge on any atom is 0.0580 e. The van der Waals surface area contributed by atoms with Gasteiger partial charge in [0.2, 0.25) is 0 Å². The van der Waals surface area contributed by atoms with Gasteiger partial charge in [-0.3, -0.25) is 0 Å². The lowest BCUT2D eigenvalue weighted by molar-refractivity contribution is 0.123. The minimum atomic E-state index is -0.0264. The van der Waals surface area contributed by atoms with Gasteiger partial charge in [-0.15, -0.1) is 0 Å². The number of hydrogen-bond acceptors (Lipinski definition) is 1. The molecule has 0 aromatic heterocycles. The molecule has 3 aliphatic carbocycles. The lowest BCUT2D eigenvalue weighted by Crippen LogP contribution is -2.25. The highest BCUT2D eigenvalue weighted by atomic mass is 16.3. The Morgan fingerprint density at radius 1 is 1.38 bits per heavy atom. The van der Waals surface area contributed by atoms with Gasteiger partial charge in [-0.05, 0) is 49.0 Å². The van der Waals surface area contributed by atoms with Gasteiger partial charge in [0.25, 0.3) is 0 Å². The predicted octanol–water partition coefficient (Wildman–Crippen LogP) is 2.28. The Labute approximate surface area is 79.2 Å². The van der Waals surface area contributed by atoms with Crippen LogP contribution in [0.25, 0.3) is 0 Å². The topological polar surface area (TPSA) is 20.2 Å². The average molecular weight is 176 g/mol. The maximum absolute atomic E-state index is 9.91. The van der Waals surface area contributed by atoms with Gasteiger partial charge in [0.05, 0.1) is 6.10 Å². The Hall–Kier alpha value is -0.560. The lowest BCUT2D eigenvalue weighted by atomic mass is 9.73. The van der Waals surface area contributed by atoms with Crippen LogP contribution in [-0.4, -0.2) is 11.2 Å². The molecule has 70 valence electrons. The summed E-state index contributed by atoms with van der Waals surface area (Å²) < 4.78 is 0. The van der Waals surface area contributed by atoms with Gasteiger partial charge in [-0.2, -0.15) is 0 Å². The summed E-state index contributed by atoms with van der Waals surface area (Å²) in [5.41, 5.74) is 1.52. The van der Waals surface area contributed by atoms with Gasteiger partial charge in [0, 0.05) is 0 Å². The summed E-state index contributed by atoms with van der Waals surface area (Å²) in [6.45, 7) is 0. The Morgan fingerprint density at radius 3 is 3.23 bits per heavy atom. The molecule has 1 N–H and O–H groups in total. The van der Waals surface area contributed by atoms with Crippen LogP contribution in [0, 0.1) is 17.8 Å². The van der Waals surface area contributed by atoms with Crippen LogP contribution in [0.2, 0.25) is 0 Å². The van der Waals surface area contributed by atoms with Gasteiger partial charge >= 0.3 is 0 Å². The van der Waals surface area contributed by atoms with Crippen LogP contribution in [-0.2, 0) is 0 Å². The third-order valence-corrected chi connectivity index (χ3v) is 4.03. The molecular weight excluding hydrogens is 160 g/mol. The molecule has 0 radical (unpaired) electrons. The van der Waals surface area contributed by atoms with Gasteiger partial charge in [-0.25, -0.2) is 0 Å². The third-order valence-electron chi connectivity index (χ3n) is 4.03. The van der Waals surface area contributed by atoms with Crippen LogP contribution in [0.1, 0.15) is 25.7 Å². The van der Waals surface area contributed by atoms with Crippen LogP contribution >= 0.6 is 0 Å². The minimum absolute atomic E-state index is 0.0264. The molecule has 0 amide bonds. The highest BCUT2D eigenvalue weighted by Gasteiger charge is 2.44. The molecular formula is C12H16O. The second kappa shape index (κ2) is 2.71. The van der Waals surface area contributed by atoms with Crippen LogP contribution in [0.15, 0.2) is 23.8 Å². The fraction of sp³-hybridized carbons (Fsp3) is 0.667. The normalized spacial score (nSPS) is 47.3. The van der Waals surface area contributed by atoms with Crippen LogP contribution in [0.5, 0.6) is 0 Å². The van der Waals surface area contributed by atoms with Gasteiger partial charge < -0.3 is 5.11 Å². The van der Waals surface area contributed by atoms with Crippen LogP contribution in [0.4, 0.5) is 0 Å². The first-order valence-electron chi connectivity index (χ1n) is 5.41. The predicted molar refractivity (Wildman–Crippen MR) is 52.2 cm³/mol. The van der Waals surface area contributed by atoms with Crippen molar-refractivity contribution in [2.45, 2.75) is 31.8 Å². The Morgan fingerprint density at radius 2 is 2.31 bits per heavy atom. The first-order chi connectivity index (χ1) is 6.36. The van der Waals surface area contributed by atoms with E-state index >= 15 is 0 Å². The largest absolute Gasteiger partial charge is 0.393 e. The van der Waals surface area contributed by atoms with Crippen molar-refractivity contribution in [3.63, 3.8) is 0 Å². The number of hydrogen-bond donors (Lipinski definition) is 1. The molecule has 0 bridgehead atoms. The summed E-state index contributed by atoms with van der Waals surface area (Å²) >= 11 is 0. The second-order valence-corrected chi connectivity index (χ2v) is 4.67. The van der Waals surface area contributed by atoms with Crippen LogP contribution in [0.3, 0.4) is 0 Å². The standard InChI is InChI=1S/C12H16O/c13-11-7-9-5-1-3-8-4-2-6-10(11)12(8)9/h2-4,9-13H,1,5-7H2. The molecule has 3 rings (SSSR count). The van der Waals surface area contributed by atoms with Crippen molar-refractivity contribution in [1.29, 1.82) is 0 Å². The molecule has 0 aliphatic heterocycles. The molecule has 1 nitrogen and oxygen atoms in total. The van der Waals surface area contributed by atoms with E-state index in [1.807, 2.05) is 0 Å². The molecule has 0 aromatic carbocycles. The Balaban J connectivity index is 2.02. The zero-order valence-electron chi connectivity index (χ0n) is 7.82. The highest BCUT2D eigenvalue weighted by molar-refractivity contribution is 5.31. The van der Waals surface area contributed by atoms with Gasteiger partial charge in [-0.1, -0.05) is 18.2 Å². The van der Waals surface area contributed by atoms with E-state index < -0.39 is 0 Å². The van der Waals surface area contributed by atoms with Gasteiger partial charge in [0.1, 0.15) is 0 Å². The SMILES string of the molecule is OC1CC2CCC=C3C=CCC1C32. The molecule has 0 aromatic rings. The van der Waals surface area contributed by atoms with Crippen molar-refractivity contribution in [2.75, 3.05) is 0 Å². The monoisotopic (exact) mass is 176 g/mol. The fourth-order valence-corrected chi connectivity index (χ4v) is 3.48. The number of aliphatic hydroxyl groups excluding tert-OH is 1. The van der Waals surface area contributed by atoms with E-state index in [1.165, 1.54) is 18.4 Å². The molecule has 4 atom stereocenters. The molecule has 3 aliphatic rings. The van der Waals surface area contributed by atoms with E-state index in [0.29, 0.717) is 11.8 Å². The van der Waals surface area contributed by atoms with Crippen molar-refractivity contribution < 1.29 is 5.11 Å². The van der Waals surface area contributed by atoms with Crippen molar-refractivity contribution in [2.24, 2.45) is 17.8 Å². The summed E-state index contributed by atoms with van der Waals surface area (Å²) in [5, 5.41) is 9.91. The van der Waals surface area contributed by atoms with E-state index in [-0.39, 0.29) is 6.10 Å². The van der Waals surface area contributed by atoms with E-state index in [1.54, 1.807) is 0 Å². The van der Waals surface area contributed by atoms with Crippen LogP contribution < -0.4 is 0 Å². The molecule has 1 fully saturated rings. The average Bonchev–Trinajstić information content (AvgIpc) is 2.47. The first kappa shape index (κ1) is 7.81. The van der Waals surface area contributed by atoms with Crippen molar-refractivity contribution in [3.8, 4) is 0 Å². The van der Waals surface area contributed by atoms with E-state index in [9.17, 15) is 5.11 Å².